The van der Waals surface area contributed by atoms with E-state index in [1.807, 2.05) is 0 Å². The summed E-state index contributed by atoms with van der Waals surface area (Å²) < 4.78 is 74.6. The van der Waals surface area contributed by atoms with Gasteiger partial charge in [0.05, 0.1) is 16.4 Å². The van der Waals surface area contributed by atoms with Gasteiger partial charge in [0, 0.05) is 11.4 Å². The van der Waals surface area contributed by atoms with Crippen molar-refractivity contribution >= 4 is 41.4 Å². The fourth-order valence-corrected chi connectivity index (χ4v) is 5.73. The number of sulfone groups is 1. The maximum Gasteiger partial charge on any atom is 0.296 e. The van der Waals surface area contributed by atoms with E-state index in [0.29, 0.717) is 11.1 Å². The van der Waals surface area contributed by atoms with Crippen LogP contribution >= 0.6 is 0 Å². The number of anilines is 2. The molecule has 0 aliphatic carbocycles. The van der Waals surface area contributed by atoms with Gasteiger partial charge in [-0.1, -0.05) is 6.07 Å². The Labute approximate surface area is 151 Å². The zero-order valence-electron chi connectivity index (χ0n) is 13.2. The molecule has 0 amide bonds. The molecule has 2 aromatic rings. The SMILES string of the molecule is NS(=O)(=O)Nc1ccc(NS(=O)(=O)c2ccc3c(c2)CS(=O)(=O)C3)cc1. The zero-order valence-corrected chi connectivity index (χ0v) is 15.7. The Hall–Kier alpha value is -2.15. The van der Waals surface area contributed by atoms with Gasteiger partial charge in [0.25, 0.3) is 20.2 Å². The van der Waals surface area contributed by atoms with E-state index < -0.39 is 30.1 Å². The molecule has 0 bridgehead atoms. The lowest BCUT2D eigenvalue weighted by Crippen LogP contribution is -2.21. The van der Waals surface area contributed by atoms with Crippen LogP contribution in [0.25, 0.3) is 0 Å². The molecule has 2 aromatic carbocycles. The largest absolute Gasteiger partial charge is 0.296 e. The van der Waals surface area contributed by atoms with E-state index in [1.54, 1.807) is 0 Å². The smallest absolute Gasteiger partial charge is 0.280 e. The molecule has 12 heteroatoms. The van der Waals surface area contributed by atoms with E-state index in [2.05, 4.69) is 9.44 Å². The standard InChI is InChI=1S/C14H15N3O6S3/c15-26(22,23)17-13-4-2-12(3-5-13)16-25(20,21)14-6-1-10-8-24(18,19)9-11(10)7-14/h1-7,16-17H,8-9H2,(H2,15,22,23). The third kappa shape index (κ3) is 4.33. The fourth-order valence-electron chi connectivity index (χ4n) is 2.55. The van der Waals surface area contributed by atoms with Crippen molar-refractivity contribution in [3.63, 3.8) is 0 Å². The number of sulfonamides is 1. The van der Waals surface area contributed by atoms with Gasteiger partial charge in [0.1, 0.15) is 0 Å². The Morgan fingerprint density at radius 3 is 1.92 bits per heavy atom. The quantitative estimate of drug-likeness (QED) is 0.645. The summed E-state index contributed by atoms with van der Waals surface area (Å²) in [7, 11) is -11.1. The first-order valence-electron chi connectivity index (χ1n) is 7.19. The highest BCUT2D eigenvalue weighted by Gasteiger charge is 2.26. The minimum absolute atomic E-state index is 0.0555. The first kappa shape index (κ1) is 18.6. The molecule has 1 heterocycles. The van der Waals surface area contributed by atoms with Crippen molar-refractivity contribution in [2.45, 2.75) is 16.4 Å². The highest BCUT2D eigenvalue weighted by Crippen LogP contribution is 2.28. The van der Waals surface area contributed by atoms with Crippen LogP contribution in [0.15, 0.2) is 47.4 Å². The molecule has 1 aliphatic heterocycles. The van der Waals surface area contributed by atoms with E-state index in [-0.39, 0.29) is 27.8 Å². The van der Waals surface area contributed by atoms with Crippen LogP contribution in [0.5, 0.6) is 0 Å². The molecule has 0 saturated heterocycles. The highest BCUT2D eigenvalue weighted by molar-refractivity contribution is 7.92. The zero-order chi connectivity index (χ0) is 19.2. The number of rotatable bonds is 5. The lowest BCUT2D eigenvalue weighted by molar-refractivity contribution is 0.596. The van der Waals surface area contributed by atoms with Crippen LogP contribution < -0.4 is 14.6 Å². The van der Waals surface area contributed by atoms with E-state index >= 15 is 0 Å². The Morgan fingerprint density at radius 1 is 0.808 bits per heavy atom. The summed E-state index contributed by atoms with van der Waals surface area (Å²) in [5.74, 6) is -0.270. The summed E-state index contributed by atoms with van der Waals surface area (Å²) in [6.07, 6.45) is 0. The first-order valence-corrected chi connectivity index (χ1v) is 12.0. The third-order valence-corrected chi connectivity index (χ3v) is 7.04. The Bertz CT molecular complexity index is 1170. The second kappa shape index (κ2) is 6.23. The molecule has 1 aliphatic rings. The summed E-state index contributed by atoms with van der Waals surface area (Å²) in [6.45, 7) is 0. The monoisotopic (exact) mass is 417 g/mol. The van der Waals surface area contributed by atoms with Gasteiger partial charge in [-0.05, 0) is 47.5 Å². The minimum atomic E-state index is -3.93. The van der Waals surface area contributed by atoms with Gasteiger partial charge in [-0.3, -0.25) is 9.44 Å². The van der Waals surface area contributed by atoms with E-state index in [4.69, 9.17) is 5.14 Å². The normalized spacial score (nSPS) is 16.0. The van der Waals surface area contributed by atoms with Crippen LogP contribution in [0, 0.1) is 0 Å². The molecular formula is C14H15N3O6S3. The predicted molar refractivity (Wildman–Crippen MR) is 96.8 cm³/mol. The molecule has 3 rings (SSSR count). The van der Waals surface area contributed by atoms with Gasteiger partial charge in [0.15, 0.2) is 9.84 Å². The number of fused-ring (bicyclic) bond motifs is 1. The molecule has 0 spiro atoms. The van der Waals surface area contributed by atoms with Crippen LogP contribution in [0.3, 0.4) is 0 Å². The van der Waals surface area contributed by atoms with E-state index in [9.17, 15) is 25.3 Å². The molecule has 4 N–H and O–H groups in total. The van der Waals surface area contributed by atoms with E-state index in [1.165, 1.54) is 42.5 Å². The number of nitrogens with one attached hydrogen (secondary N) is 2. The lowest BCUT2D eigenvalue weighted by Gasteiger charge is -2.10. The summed E-state index contributed by atoms with van der Waals surface area (Å²) in [5.41, 5.74) is 1.46. The maximum atomic E-state index is 12.5. The average molecular weight is 417 g/mol. The molecule has 0 unspecified atom stereocenters. The van der Waals surface area contributed by atoms with Crippen molar-refractivity contribution in [2.24, 2.45) is 5.14 Å². The van der Waals surface area contributed by atoms with Gasteiger partial charge in [-0.15, -0.1) is 0 Å². The van der Waals surface area contributed by atoms with E-state index in [0.717, 1.165) is 0 Å². The Kier molecular flexibility index (Phi) is 4.46. The van der Waals surface area contributed by atoms with Crippen LogP contribution in [0.2, 0.25) is 0 Å². The van der Waals surface area contributed by atoms with Crippen LogP contribution in [-0.2, 0) is 41.6 Å². The number of benzene rings is 2. The summed E-state index contributed by atoms with van der Waals surface area (Å²) in [6, 6.07) is 9.60. The second-order valence-corrected chi connectivity index (χ2v) is 10.8. The minimum Gasteiger partial charge on any atom is -0.280 e. The molecule has 26 heavy (non-hydrogen) atoms. The molecule has 140 valence electrons. The molecule has 0 aromatic heterocycles. The van der Waals surface area contributed by atoms with Gasteiger partial charge >= 0.3 is 0 Å². The molecule has 0 atom stereocenters. The Morgan fingerprint density at radius 2 is 1.35 bits per heavy atom. The lowest BCUT2D eigenvalue weighted by atomic mass is 10.1. The number of nitrogens with two attached hydrogens (primary N) is 1. The molecular weight excluding hydrogens is 402 g/mol. The van der Waals surface area contributed by atoms with Crippen molar-refractivity contribution in [1.29, 1.82) is 0 Å². The Balaban J connectivity index is 1.82. The van der Waals surface area contributed by atoms with Crippen molar-refractivity contribution in [2.75, 3.05) is 9.44 Å². The predicted octanol–water partition coefficient (Wildman–Crippen LogP) is 0.531. The van der Waals surface area contributed by atoms with Crippen molar-refractivity contribution in [3.05, 3.63) is 53.6 Å². The number of hydrogen-bond donors (Lipinski definition) is 3. The fraction of sp³-hybridized carbons (Fsp3) is 0.143. The van der Waals surface area contributed by atoms with Gasteiger partial charge in [-0.2, -0.15) is 8.42 Å². The maximum absolute atomic E-state index is 12.5. The van der Waals surface area contributed by atoms with Gasteiger partial charge in [-0.25, -0.2) is 22.0 Å². The van der Waals surface area contributed by atoms with Crippen molar-refractivity contribution in [3.8, 4) is 0 Å². The first-order chi connectivity index (χ1) is 11.9. The van der Waals surface area contributed by atoms with Crippen LogP contribution in [0.4, 0.5) is 11.4 Å². The van der Waals surface area contributed by atoms with Crippen LogP contribution in [-0.4, -0.2) is 25.3 Å². The highest BCUT2D eigenvalue weighted by atomic mass is 32.2. The van der Waals surface area contributed by atoms with Crippen LogP contribution in [0.1, 0.15) is 11.1 Å². The summed E-state index contributed by atoms with van der Waals surface area (Å²) >= 11 is 0. The summed E-state index contributed by atoms with van der Waals surface area (Å²) in [5, 5.41) is 4.85. The molecule has 0 fully saturated rings. The summed E-state index contributed by atoms with van der Waals surface area (Å²) in [4.78, 5) is -0.0555. The topological polar surface area (TPSA) is 152 Å². The van der Waals surface area contributed by atoms with Gasteiger partial charge in [0.2, 0.25) is 0 Å². The molecule has 9 nitrogen and oxygen atoms in total. The average Bonchev–Trinajstić information content (AvgIpc) is 2.80. The molecule has 0 saturated carbocycles. The third-order valence-electron chi connectivity index (χ3n) is 3.64. The van der Waals surface area contributed by atoms with Crippen molar-refractivity contribution < 1.29 is 25.3 Å². The number of hydrogen-bond acceptors (Lipinski definition) is 6. The van der Waals surface area contributed by atoms with Crippen molar-refractivity contribution in [1.82, 2.24) is 0 Å². The second-order valence-electron chi connectivity index (χ2n) is 5.79. The molecule has 0 radical (unpaired) electrons. The van der Waals surface area contributed by atoms with Gasteiger partial charge < -0.3 is 0 Å².